The average molecular weight is 445 g/mol. The van der Waals surface area contributed by atoms with E-state index in [1.165, 1.54) is 30.0 Å². The van der Waals surface area contributed by atoms with Crippen molar-refractivity contribution >= 4 is 33.3 Å². The molecule has 1 saturated heterocycles. The lowest BCUT2D eigenvalue weighted by molar-refractivity contribution is 0.0961. The normalized spacial score (nSPS) is 14.9. The minimum absolute atomic E-state index is 0.126. The topological polar surface area (TPSA) is 112 Å². The smallest absolute Gasteiger partial charge is 0.328 e. The van der Waals surface area contributed by atoms with E-state index in [1.54, 1.807) is 19.2 Å². The largest absolute Gasteiger partial charge is 0.355 e. The molecule has 1 fully saturated rings. The number of hydrogen-bond acceptors (Lipinski definition) is 7. The molecule has 4 rings (SSSR count). The summed E-state index contributed by atoms with van der Waals surface area (Å²) in [5.74, 6) is 0.386. The van der Waals surface area contributed by atoms with Crippen LogP contribution in [0, 0.1) is 0 Å². The monoisotopic (exact) mass is 444 g/mol. The van der Waals surface area contributed by atoms with Gasteiger partial charge >= 0.3 is 5.69 Å². The predicted molar refractivity (Wildman–Crippen MR) is 120 cm³/mol. The Morgan fingerprint density at radius 1 is 1.06 bits per heavy atom. The lowest BCUT2D eigenvalue weighted by atomic mass is 10.2. The number of carbonyl (C=O) groups is 1. The molecule has 11 heteroatoms. The second-order valence-electron chi connectivity index (χ2n) is 7.56. The Labute approximate surface area is 181 Å². The van der Waals surface area contributed by atoms with Gasteiger partial charge in [0.25, 0.3) is 17.0 Å². The molecule has 0 saturated carbocycles. The van der Waals surface area contributed by atoms with Crippen LogP contribution >= 0.6 is 11.3 Å². The number of amides is 1. The first-order valence-electron chi connectivity index (χ1n) is 9.91. The predicted octanol–water partition coefficient (Wildman–Crippen LogP) is -0.331. The molecular weight excluding hydrogens is 420 g/mol. The number of aromatic amines is 1. The van der Waals surface area contributed by atoms with Crippen LogP contribution in [0.15, 0.2) is 32.6 Å². The SMILES string of the molecule is CNC(=O)c1ccc(N2CCN(Cc3cc4[nH]c(=O)n(C)c(=O)c4s3)CC2)n(C)c1=O. The van der Waals surface area contributed by atoms with Crippen molar-refractivity contribution in [2.45, 2.75) is 6.54 Å². The van der Waals surface area contributed by atoms with E-state index in [2.05, 4.69) is 20.1 Å². The van der Waals surface area contributed by atoms with Gasteiger partial charge in [-0.2, -0.15) is 0 Å². The van der Waals surface area contributed by atoms with Gasteiger partial charge in [-0.15, -0.1) is 11.3 Å². The fourth-order valence-electron chi connectivity index (χ4n) is 3.82. The zero-order valence-corrected chi connectivity index (χ0v) is 18.4. The summed E-state index contributed by atoms with van der Waals surface area (Å²) in [5, 5.41) is 2.48. The Morgan fingerprint density at radius 3 is 2.45 bits per heavy atom. The molecule has 0 aromatic carbocycles. The summed E-state index contributed by atoms with van der Waals surface area (Å²) in [6.07, 6.45) is 0. The third kappa shape index (κ3) is 3.81. The Hall–Kier alpha value is -3.18. The van der Waals surface area contributed by atoms with Crippen molar-refractivity contribution in [1.82, 2.24) is 24.3 Å². The molecule has 0 unspecified atom stereocenters. The molecule has 3 aromatic rings. The van der Waals surface area contributed by atoms with Gasteiger partial charge in [-0.05, 0) is 18.2 Å². The number of H-pyrrole nitrogens is 1. The zero-order valence-electron chi connectivity index (χ0n) is 17.6. The van der Waals surface area contributed by atoms with Gasteiger partial charge < -0.3 is 15.2 Å². The zero-order chi connectivity index (χ0) is 22.3. The maximum absolute atomic E-state index is 12.5. The van der Waals surface area contributed by atoms with E-state index < -0.39 is 11.6 Å². The Kier molecular flexibility index (Phi) is 5.54. The molecular formula is C20H24N6O4S. The standard InChI is InChI=1S/C20H24N6O4S/c1-21-17(27)13-4-5-15(23(2)18(13)28)26-8-6-25(7-9-26)11-12-10-14-16(31-12)19(29)24(3)20(30)22-14/h4-5,10H,6-9,11H2,1-3H3,(H,21,27)(H,22,30). The highest BCUT2D eigenvalue weighted by molar-refractivity contribution is 7.18. The van der Waals surface area contributed by atoms with E-state index in [-0.39, 0.29) is 16.7 Å². The van der Waals surface area contributed by atoms with Crippen molar-refractivity contribution in [3.8, 4) is 0 Å². The number of rotatable bonds is 4. The summed E-state index contributed by atoms with van der Waals surface area (Å²) >= 11 is 1.41. The molecule has 2 N–H and O–H groups in total. The first-order valence-corrected chi connectivity index (χ1v) is 10.7. The van der Waals surface area contributed by atoms with E-state index in [9.17, 15) is 19.2 Å². The number of nitrogens with zero attached hydrogens (tertiary/aromatic N) is 4. The van der Waals surface area contributed by atoms with Crippen LogP contribution in [0.3, 0.4) is 0 Å². The molecule has 0 atom stereocenters. The second kappa shape index (κ2) is 8.16. The summed E-state index contributed by atoms with van der Waals surface area (Å²) in [5.41, 5.74) is -0.302. The van der Waals surface area contributed by atoms with Crippen LogP contribution < -0.4 is 27.0 Å². The van der Waals surface area contributed by atoms with Gasteiger partial charge in [0.1, 0.15) is 16.1 Å². The molecule has 164 valence electrons. The highest BCUT2D eigenvalue weighted by Crippen LogP contribution is 2.23. The third-order valence-corrected chi connectivity index (χ3v) is 6.76. The lowest BCUT2D eigenvalue weighted by Crippen LogP contribution is -2.47. The Morgan fingerprint density at radius 2 is 1.77 bits per heavy atom. The molecule has 1 aliphatic heterocycles. The van der Waals surface area contributed by atoms with Crippen molar-refractivity contribution in [2.75, 3.05) is 38.1 Å². The fourth-order valence-corrected chi connectivity index (χ4v) is 4.95. The fraction of sp³-hybridized carbons (Fsp3) is 0.400. The minimum Gasteiger partial charge on any atom is -0.355 e. The number of carbonyl (C=O) groups excluding carboxylic acids is 1. The first kappa shape index (κ1) is 21.1. The van der Waals surface area contributed by atoms with Gasteiger partial charge in [0.05, 0.1) is 5.52 Å². The Bertz CT molecular complexity index is 1330. The highest BCUT2D eigenvalue weighted by Gasteiger charge is 2.21. The second-order valence-corrected chi connectivity index (χ2v) is 8.70. The number of anilines is 1. The van der Waals surface area contributed by atoms with Gasteiger partial charge in [0, 0.05) is 58.7 Å². The van der Waals surface area contributed by atoms with Crippen LogP contribution in [0.1, 0.15) is 15.2 Å². The highest BCUT2D eigenvalue weighted by atomic mass is 32.1. The molecule has 0 bridgehead atoms. The molecule has 1 amide bonds. The van der Waals surface area contributed by atoms with E-state index in [0.717, 1.165) is 41.4 Å². The van der Waals surface area contributed by atoms with E-state index in [0.29, 0.717) is 16.8 Å². The molecule has 10 nitrogen and oxygen atoms in total. The average Bonchev–Trinajstić information content (AvgIpc) is 3.16. The number of pyridine rings is 1. The van der Waals surface area contributed by atoms with Crippen molar-refractivity contribution in [2.24, 2.45) is 14.1 Å². The number of piperazine rings is 1. The molecule has 0 spiro atoms. The van der Waals surface area contributed by atoms with Crippen LogP contribution in [0.2, 0.25) is 0 Å². The third-order valence-electron chi connectivity index (χ3n) is 5.65. The van der Waals surface area contributed by atoms with E-state index in [4.69, 9.17) is 0 Å². The minimum atomic E-state index is -0.413. The molecule has 31 heavy (non-hydrogen) atoms. The van der Waals surface area contributed by atoms with Gasteiger partial charge in [-0.1, -0.05) is 0 Å². The van der Waals surface area contributed by atoms with Crippen LogP contribution in [-0.2, 0) is 20.6 Å². The quantitative estimate of drug-likeness (QED) is 0.570. The van der Waals surface area contributed by atoms with Crippen LogP contribution in [-0.4, -0.2) is 58.2 Å². The van der Waals surface area contributed by atoms with Crippen LogP contribution in [0.5, 0.6) is 0 Å². The number of hydrogen-bond donors (Lipinski definition) is 2. The summed E-state index contributed by atoms with van der Waals surface area (Å²) < 4.78 is 3.15. The summed E-state index contributed by atoms with van der Waals surface area (Å²) in [4.78, 5) is 56.6. The van der Waals surface area contributed by atoms with Crippen LogP contribution in [0.4, 0.5) is 5.82 Å². The van der Waals surface area contributed by atoms with Gasteiger partial charge in [0.15, 0.2) is 0 Å². The van der Waals surface area contributed by atoms with Crippen molar-refractivity contribution < 1.29 is 4.79 Å². The molecule has 1 aliphatic rings. The maximum Gasteiger partial charge on any atom is 0.328 e. The summed E-state index contributed by atoms with van der Waals surface area (Å²) in [6.45, 7) is 3.72. The molecule has 4 heterocycles. The number of fused-ring (bicyclic) bond motifs is 1. The van der Waals surface area contributed by atoms with Crippen LogP contribution in [0.25, 0.3) is 10.2 Å². The number of aromatic nitrogens is 3. The maximum atomic E-state index is 12.5. The molecule has 0 aliphatic carbocycles. The summed E-state index contributed by atoms with van der Waals surface area (Å²) in [6, 6.07) is 5.25. The van der Waals surface area contributed by atoms with Crippen molar-refractivity contribution in [3.05, 3.63) is 59.8 Å². The molecule has 3 aromatic heterocycles. The summed E-state index contributed by atoms with van der Waals surface area (Å²) in [7, 11) is 4.64. The van der Waals surface area contributed by atoms with E-state index >= 15 is 0 Å². The van der Waals surface area contributed by atoms with Crippen molar-refractivity contribution in [1.29, 1.82) is 0 Å². The van der Waals surface area contributed by atoms with Gasteiger partial charge in [0.2, 0.25) is 0 Å². The van der Waals surface area contributed by atoms with Gasteiger partial charge in [-0.3, -0.25) is 28.4 Å². The van der Waals surface area contributed by atoms with Gasteiger partial charge in [-0.25, -0.2) is 4.79 Å². The number of thiophene rings is 1. The lowest BCUT2D eigenvalue weighted by Gasteiger charge is -2.36. The molecule has 0 radical (unpaired) electrons. The first-order chi connectivity index (χ1) is 14.8. The van der Waals surface area contributed by atoms with E-state index in [1.807, 2.05) is 6.07 Å². The van der Waals surface area contributed by atoms with Crippen molar-refractivity contribution in [3.63, 3.8) is 0 Å². The Balaban J connectivity index is 1.47. The number of nitrogens with one attached hydrogen (secondary N) is 2.